The Balaban J connectivity index is 0.00000162. The number of nitrogens with zero attached hydrogens (tertiary/aromatic N) is 1. The van der Waals surface area contributed by atoms with E-state index in [9.17, 15) is 4.39 Å². The van der Waals surface area contributed by atoms with Crippen molar-refractivity contribution >= 4 is 28.3 Å². The minimum absolute atomic E-state index is 0. The maximum Gasteiger partial charge on any atom is 0.128 e. The molecular formula is C12H17BrClFN2O. The minimum atomic E-state index is -0.294. The van der Waals surface area contributed by atoms with Crippen LogP contribution in [0.25, 0.3) is 0 Å². The second-order valence-electron chi connectivity index (χ2n) is 4.30. The molecule has 3 nitrogen and oxygen atoms in total. The lowest BCUT2D eigenvalue weighted by Gasteiger charge is -2.15. The second kappa shape index (κ2) is 7.28. The Morgan fingerprint density at radius 1 is 1.44 bits per heavy atom. The lowest BCUT2D eigenvalue weighted by Crippen LogP contribution is -2.29. The van der Waals surface area contributed by atoms with E-state index in [0.717, 1.165) is 26.1 Å². The highest BCUT2D eigenvalue weighted by molar-refractivity contribution is 9.10. The molecule has 1 aliphatic rings. The molecule has 0 spiro atoms. The Morgan fingerprint density at radius 3 is 2.83 bits per heavy atom. The summed E-state index contributed by atoms with van der Waals surface area (Å²) < 4.78 is 19.3. The highest BCUT2D eigenvalue weighted by Gasteiger charge is 2.18. The van der Waals surface area contributed by atoms with E-state index in [1.165, 1.54) is 12.1 Å². The normalized spacial score (nSPS) is 19.6. The number of hydrogen-bond acceptors (Lipinski definition) is 3. The van der Waals surface area contributed by atoms with Crippen molar-refractivity contribution in [3.63, 3.8) is 0 Å². The van der Waals surface area contributed by atoms with Crippen LogP contribution in [0.15, 0.2) is 22.7 Å². The van der Waals surface area contributed by atoms with Gasteiger partial charge in [0.05, 0.1) is 0 Å². The zero-order chi connectivity index (χ0) is 12.3. The molecule has 0 aliphatic carbocycles. The van der Waals surface area contributed by atoms with Crippen LogP contribution in [0.2, 0.25) is 0 Å². The fraction of sp³-hybridized carbons (Fsp3) is 0.500. The summed E-state index contributed by atoms with van der Waals surface area (Å²) in [6.07, 6.45) is 1.05. The van der Waals surface area contributed by atoms with Crippen molar-refractivity contribution in [2.24, 2.45) is 5.73 Å². The Labute approximate surface area is 121 Å². The Kier molecular flexibility index (Phi) is 6.35. The van der Waals surface area contributed by atoms with Crippen LogP contribution in [0.4, 0.5) is 4.39 Å². The monoisotopic (exact) mass is 338 g/mol. The Hall–Kier alpha value is -0.360. The Bertz CT molecular complexity index is 374. The van der Waals surface area contributed by atoms with Crippen LogP contribution in [0.3, 0.4) is 0 Å². The average Bonchev–Trinajstić information content (AvgIpc) is 2.63. The van der Waals surface area contributed by atoms with Gasteiger partial charge in [0.1, 0.15) is 18.2 Å². The molecule has 1 fully saturated rings. The van der Waals surface area contributed by atoms with E-state index in [1.807, 2.05) is 0 Å². The van der Waals surface area contributed by atoms with Crippen LogP contribution in [-0.2, 0) is 0 Å². The third-order valence-corrected chi connectivity index (χ3v) is 3.28. The summed E-state index contributed by atoms with van der Waals surface area (Å²) in [5, 5.41) is 0. The first kappa shape index (κ1) is 15.7. The van der Waals surface area contributed by atoms with Crippen LogP contribution in [0.1, 0.15) is 6.42 Å². The predicted octanol–water partition coefficient (Wildman–Crippen LogP) is 2.42. The van der Waals surface area contributed by atoms with Gasteiger partial charge in [-0.2, -0.15) is 0 Å². The standard InChI is InChI=1S/C12H16BrFN2O.ClH/c13-9-5-10(14)7-12(6-9)17-4-3-16-2-1-11(15)8-16;/h5-7,11H,1-4,8,15H2;1H/t11-;/m1./s1. The first-order valence-corrected chi connectivity index (χ1v) is 6.49. The molecule has 2 N–H and O–H groups in total. The number of ether oxygens (including phenoxy) is 1. The van der Waals surface area contributed by atoms with E-state index in [-0.39, 0.29) is 18.2 Å². The molecule has 0 amide bonds. The molecule has 0 radical (unpaired) electrons. The first-order chi connectivity index (χ1) is 8.13. The fourth-order valence-corrected chi connectivity index (χ4v) is 2.41. The zero-order valence-corrected chi connectivity index (χ0v) is 12.3. The molecule has 102 valence electrons. The van der Waals surface area contributed by atoms with Gasteiger partial charge in [-0.15, -0.1) is 12.4 Å². The van der Waals surface area contributed by atoms with E-state index in [0.29, 0.717) is 22.9 Å². The predicted molar refractivity (Wildman–Crippen MR) is 75.9 cm³/mol. The van der Waals surface area contributed by atoms with Crippen LogP contribution in [-0.4, -0.2) is 37.2 Å². The molecule has 2 rings (SSSR count). The molecule has 1 heterocycles. The summed E-state index contributed by atoms with van der Waals surface area (Å²) in [5.74, 6) is 0.262. The summed E-state index contributed by atoms with van der Waals surface area (Å²) in [5.41, 5.74) is 5.81. The van der Waals surface area contributed by atoms with Gasteiger partial charge < -0.3 is 10.5 Å². The first-order valence-electron chi connectivity index (χ1n) is 5.70. The average molecular weight is 340 g/mol. The summed E-state index contributed by atoms with van der Waals surface area (Å²) in [6, 6.07) is 4.85. The van der Waals surface area contributed by atoms with Gasteiger partial charge in [-0.05, 0) is 25.1 Å². The molecule has 0 bridgehead atoms. The van der Waals surface area contributed by atoms with Gasteiger partial charge in [-0.1, -0.05) is 15.9 Å². The lowest BCUT2D eigenvalue weighted by atomic mass is 10.3. The molecule has 0 saturated carbocycles. The SMILES string of the molecule is Cl.N[C@@H]1CCN(CCOc2cc(F)cc(Br)c2)C1. The maximum atomic E-state index is 13.1. The van der Waals surface area contributed by atoms with Gasteiger partial charge in [0.15, 0.2) is 0 Å². The van der Waals surface area contributed by atoms with E-state index in [1.54, 1.807) is 6.07 Å². The quantitative estimate of drug-likeness (QED) is 0.915. The number of hydrogen-bond donors (Lipinski definition) is 1. The van der Waals surface area contributed by atoms with Gasteiger partial charge in [-0.3, -0.25) is 4.90 Å². The maximum absolute atomic E-state index is 13.1. The fourth-order valence-electron chi connectivity index (χ4n) is 1.97. The van der Waals surface area contributed by atoms with Crippen molar-refractivity contribution in [3.05, 3.63) is 28.5 Å². The number of benzene rings is 1. The molecule has 1 atom stereocenters. The molecule has 1 aromatic carbocycles. The molecule has 6 heteroatoms. The molecule has 18 heavy (non-hydrogen) atoms. The molecule has 1 saturated heterocycles. The Morgan fingerprint density at radius 2 is 2.22 bits per heavy atom. The summed E-state index contributed by atoms with van der Waals surface area (Å²) in [6.45, 7) is 3.35. The van der Waals surface area contributed by atoms with Crippen LogP contribution in [0.5, 0.6) is 5.75 Å². The summed E-state index contributed by atoms with van der Waals surface area (Å²) in [4.78, 5) is 2.26. The zero-order valence-electron chi connectivity index (χ0n) is 9.94. The highest BCUT2D eigenvalue weighted by Crippen LogP contribution is 2.20. The lowest BCUT2D eigenvalue weighted by molar-refractivity contribution is 0.235. The van der Waals surface area contributed by atoms with Crippen molar-refractivity contribution < 1.29 is 9.13 Å². The topological polar surface area (TPSA) is 38.5 Å². The van der Waals surface area contributed by atoms with Crippen LogP contribution >= 0.6 is 28.3 Å². The summed E-state index contributed by atoms with van der Waals surface area (Å²) in [7, 11) is 0. The van der Waals surface area contributed by atoms with E-state index >= 15 is 0 Å². The minimum Gasteiger partial charge on any atom is -0.492 e. The van der Waals surface area contributed by atoms with Gasteiger partial charge in [-0.25, -0.2) is 4.39 Å². The van der Waals surface area contributed by atoms with Gasteiger partial charge in [0.25, 0.3) is 0 Å². The molecule has 0 unspecified atom stereocenters. The van der Waals surface area contributed by atoms with Crippen LogP contribution in [0, 0.1) is 5.82 Å². The second-order valence-corrected chi connectivity index (χ2v) is 5.22. The number of likely N-dealkylation sites (tertiary alicyclic amines) is 1. The number of nitrogens with two attached hydrogens (primary N) is 1. The van der Waals surface area contributed by atoms with Crippen molar-refractivity contribution in [3.8, 4) is 5.75 Å². The van der Waals surface area contributed by atoms with E-state index in [4.69, 9.17) is 10.5 Å². The van der Waals surface area contributed by atoms with Gasteiger partial charge in [0, 0.05) is 29.7 Å². The van der Waals surface area contributed by atoms with Crippen molar-refractivity contribution in [1.29, 1.82) is 0 Å². The number of rotatable bonds is 4. The third-order valence-electron chi connectivity index (χ3n) is 2.82. The van der Waals surface area contributed by atoms with Gasteiger partial charge in [0.2, 0.25) is 0 Å². The van der Waals surface area contributed by atoms with Gasteiger partial charge >= 0.3 is 0 Å². The van der Waals surface area contributed by atoms with Crippen molar-refractivity contribution in [1.82, 2.24) is 4.90 Å². The highest BCUT2D eigenvalue weighted by atomic mass is 79.9. The molecule has 0 aromatic heterocycles. The smallest absolute Gasteiger partial charge is 0.128 e. The third kappa shape index (κ3) is 4.72. The molecule has 1 aromatic rings. The largest absolute Gasteiger partial charge is 0.492 e. The van der Waals surface area contributed by atoms with E-state index < -0.39 is 0 Å². The van der Waals surface area contributed by atoms with Crippen molar-refractivity contribution in [2.75, 3.05) is 26.2 Å². The van der Waals surface area contributed by atoms with E-state index in [2.05, 4.69) is 20.8 Å². The van der Waals surface area contributed by atoms with Crippen LogP contribution < -0.4 is 10.5 Å². The molecule has 1 aliphatic heterocycles. The number of halogens is 3. The van der Waals surface area contributed by atoms with Crippen molar-refractivity contribution in [2.45, 2.75) is 12.5 Å². The summed E-state index contributed by atoms with van der Waals surface area (Å²) >= 11 is 3.23. The molecular weight excluding hydrogens is 322 g/mol.